The van der Waals surface area contributed by atoms with Gasteiger partial charge in [0.2, 0.25) is 5.91 Å². The van der Waals surface area contributed by atoms with Crippen molar-refractivity contribution in [2.75, 3.05) is 13.6 Å². The van der Waals surface area contributed by atoms with Crippen LogP contribution in [0.3, 0.4) is 0 Å². The third-order valence-electron chi connectivity index (χ3n) is 4.46. The van der Waals surface area contributed by atoms with E-state index < -0.39 is 5.54 Å². The molecule has 0 spiro atoms. The number of nitrogens with zero attached hydrogens (tertiary/aromatic N) is 2. The van der Waals surface area contributed by atoms with E-state index in [2.05, 4.69) is 11.4 Å². The summed E-state index contributed by atoms with van der Waals surface area (Å²) in [7, 11) is 1.91. The third-order valence-corrected chi connectivity index (χ3v) is 4.71. The van der Waals surface area contributed by atoms with Gasteiger partial charge in [-0.2, -0.15) is 5.26 Å². The van der Waals surface area contributed by atoms with Crippen LogP contribution in [-0.4, -0.2) is 29.9 Å². The lowest BCUT2D eigenvalue weighted by atomic mass is 10.00. The zero-order chi connectivity index (χ0) is 16.2. The highest BCUT2D eigenvalue weighted by atomic mass is 35.5. The number of halogens is 1. The summed E-state index contributed by atoms with van der Waals surface area (Å²) in [4.78, 5) is 14.2. The number of carbonyl (C=O) groups is 1. The number of nitriles is 1. The molecule has 118 valence electrons. The van der Waals surface area contributed by atoms with Crippen LogP contribution < -0.4 is 5.32 Å². The summed E-state index contributed by atoms with van der Waals surface area (Å²) in [6.07, 6.45) is 3.52. The number of benzene rings is 1. The number of rotatable bonds is 5. The van der Waals surface area contributed by atoms with Crippen molar-refractivity contribution in [3.63, 3.8) is 0 Å². The Balaban J connectivity index is 1.93. The average molecular weight is 320 g/mol. The van der Waals surface area contributed by atoms with Gasteiger partial charge in [-0.15, -0.1) is 0 Å². The molecule has 1 amide bonds. The molecule has 2 rings (SSSR count). The Morgan fingerprint density at radius 1 is 1.41 bits per heavy atom. The number of carbonyl (C=O) groups excluding carboxylic acids is 1. The van der Waals surface area contributed by atoms with E-state index in [1.54, 1.807) is 0 Å². The van der Waals surface area contributed by atoms with Crippen molar-refractivity contribution in [2.24, 2.45) is 0 Å². The number of nitrogens with one attached hydrogen (secondary N) is 1. The molecule has 1 aliphatic carbocycles. The van der Waals surface area contributed by atoms with E-state index in [1.807, 2.05) is 43.1 Å². The lowest BCUT2D eigenvalue weighted by Crippen LogP contribution is -2.48. The maximum absolute atomic E-state index is 12.2. The first kappa shape index (κ1) is 16.8. The molecule has 1 saturated carbocycles. The second kappa shape index (κ2) is 7.13. The fourth-order valence-electron chi connectivity index (χ4n) is 2.91. The van der Waals surface area contributed by atoms with Gasteiger partial charge in [-0.1, -0.05) is 23.7 Å². The van der Waals surface area contributed by atoms with E-state index >= 15 is 0 Å². The van der Waals surface area contributed by atoms with Crippen LogP contribution in [0.25, 0.3) is 0 Å². The van der Waals surface area contributed by atoms with E-state index in [4.69, 9.17) is 11.6 Å². The monoisotopic (exact) mass is 319 g/mol. The molecular weight excluding hydrogens is 298 g/mol. The summed E-state index contributed by atoms with van der Waals surface area (Å²) in [5, 5.41) is 12.9. The van der Waals surface area contributed by atoms with Crippen molar-refractivity contribution in [3.8, 4) is 6.07 Å². The first-order chi connectivity index (χ1) is 10.5. The van der Waals surface area contributed by atoms with Gasteiger partial charge in [0.1, 0.15) is 5.54 Å². The van der Waals surface area contributed by atoms with Gasteiger partial charge in [0.25, 0.3) is 0 Å². The van der Waals surface area contributed by atoms with Crippen LogP contribution in [0.5, 0.6) is 0 Å². The van der Waals surface area contributed by atoms with E-state index in [0.29, 0.717) is 5.02 Å². The van der Waals surface area contributed by atoms with Crippen LogP contribution in [-0.2, 0) is 4.79 Å². The molecule has 1 fully saturated rings. The predicted molar refractivity (Wildman–Crippen MR) is 87.5 cm³/mol. The Labute approximate surface area is 137 Å². The highest BCUT2D eigenvalue weighted by molar-refractivity contribution is 6.30. The van der Waals surface area contributed by atoms with Crippen molar-refractivity contribution < 1.29 is 4.79 Å². The van der Waals surface area contributed by atoms with Crippen molar-refractivity contribution in [1.82, 2.24) is 10.2 Å². The second-order valence-corrected chi connectivity index (χ2v) is 6.53. The normalized spacial score (nSPS) is 18.0. The van der Waals surface area contributed by atoms with E-state index in [-0.39, 0.29) is 18.5 Å². The Bertz CT molecular complexity index is 558. The topological polar surface area (TPSA) is 56.1 Å². The summed E-state index contributed by atoms with van der Waals surface area (Å²) < 4.78 is 0. The predicted octanol–water partition coefficient (Wildman–Crippen LogP) is 3.29. The molecule has 0 heterocycles. The molecule has 1 aromatic carbocycles. The molecule has 1 atom stereocenters. The molecule has 22 heavy (non-hydrogen) atoms. The zero-order valence-corrected chi connectivity index (χ0v) is 13.9. The van der Waals surface area contributed by atoms with Crippen LogP contribution in [0, 0.1) is 11.3 Å². The standard InChI is InChI=1S/C17H22ClN3O/c1-13(14-5-7-15(18)8-6-14)21(2)11-16(22)20-17(12-19)9-3-4-10-17/h5-8,13H,3-4,9-11H2,1-2H3,(H,20,22). The molecule has 0 bridgehead atoms. The van der Waals surface area contributed by atoms with Crippen LogP contribution >= 0.6 is 11.6 Å². The average Bonchev–Trinajstić information content (AvgIpc) is 2.96. The fraction of sp³-hybridized carbons (Fsp3) is 0.529. The van der Waals surface area contributed by atoms with Crippen LogP contribution in [0.2, 0.25) is 5.02 Å². The van der Waals surface area contributed by atoms with Crippen LogP contribution in [0.1, 0.15) is 44.2 Å². The molecule has 0 aliphatic heterocycles. The lowest BCUT2D eigenvalue weighted by molar-refractivity contribution is -0.123. The molecule has 1 aliphatic rings. The quantitative estimate of drug-likeness (QED) is 0.906. The van der Waals surface area contributed by atoms with Gasteiger partial charge in [-0.05, 0) is 57.4 Å². The van der Waals surface area contributed by atoms with E-state index in [9.17, 15) is 10.1 Å². The SMILES string of the molecule is CC(c1ccc(Cl)cc1)N(C)CC(=O)NC1(C#N)CCCC1. The third kappa shape index (κ3) is 4.00. The first-order valence-electron chi connectivity index (χ1n) is 7.64. The van der Waals surface area contributed by atoms with Crippen LogP contribution in [0.4, 0.5) is 0 Å². The molecule has 1 N–H and O–H groups in total. The van der Waals surface area contributed by atoms with Crippen molar-refractivity contribution in [2.45, 2.75) is 44.2 Å². The molecule has 0 aromatic heterocycles. The van der Waals surface area contributed by atoms with Crippen molar-refractivity contribution in [3.05, 3.63) is 34.9 Å². The smallest absolute Gasteiger partial charge is 0.235 e. The molecule has 5 heteroatoms. The maximum atomic E-state index is 12.2. The molecule has 1 aromatic rings. The van der Waals surface area contributed by atoms with E-state index in [0.717, 1.165) is 31.2 Å². The van der Waals surface area contributed by atoms with E-state index in [1.165, 1.54) is 0 Å². The van der Waals surface area contributed by atoms with Crippen molar-refractivity contribution in [1.29, 1.82) is 5.26 Å². The minimum absolute atomic E-state index is 0.0910. The number of hydrogen-bond donors (Lipinski definition) is 1. The first-order valence-corrected chi connectivity index (χ1v) is 8.01. The van der Waals surface area contributed by atoms with Gasteiger partial charge >= 0.3 is 0 Å². The number of hydrogen-bond acceptors (Lipinski definition) is 3. The van der Waals surface area contributed by atoms with Gasteiger partial charge in [-0.3, -0.25) is 9.69 Å². The molecule has 4 nitrogen and oxygen atoms in total. The number of amides is 1. The maximum Gasteiger partial charge on any atom is 0.235 e. The van der Waals surface area contributed by atoms with Crippen LogP contribution in [0.15, 0.2) is 24.3 Å². The summed E-state index contributed by atoms with van der Waals surface area (Å²) in [5.74, 6) is -0.0910. The highest BCUT2D eigenvalue weighted by Gasteiger charge is 2.35. The molecule has 0 saturated heterocycles. The Hall–Kier alpha value is -1.57. The van der Waals surface area contributed by atoms with Gasteiger partial charge in [0, 0.05) is 11.1 Å². The summed E-state index contributed by atoms with van der Waals surface area (Å²) in [6.45, 7) is 2.32. The highest BCUT2D eigenvalue weighted by Crippen LogP contribution is 2.29. The Kier molecular flexibility index (Phi) is 5.44. The van der Waals surface area contributed by atoms with Gasteiger partial charge in [-0.25, -0.2) is 0 Å². The van der Waals surface area contributed by atoms with Gasteiger partial charge in [0.05, 0.1) is 12.6 Å². The fourth-order valence-corrected chi connectivity index (χ4v) is 3.03. The molecule has 0 radical (unpaired) electrons. The Morgan fingerprint density at radius 3 is 2.55 bits per heavy atom. The largest absolute Gasteiger partial charge is 0.337 e. The Morgan fingerprint density at radius 2 is 2.00 bits per heavy atom. The van der Waals surface area contributed by atoms with Gasteiger partial charge < -0.3 is 5.32 Å². The summed E-state index contributed by atoms with van der Waals surface area (Å²) >= 11 is 5.90. The number of likely N-dealkylation sites (N-methyl/N-ethyl adjacent to an activating group) is 1. The lowest BCUT2D eigenvalue weighted by Gasteiger charge is -2.27. The molecule has 1 unspecified atom stereocenters. The minimum Gasteiger partial charge on any atom is -0.337 e. The van der Waals surface area contributed by atoms with Gasteiger partial charge in [0.15, 0.2) is 0 Å². The minimum atomic E-state index is -0.651. The zero-order valence-electron chi connectivity index (χ0n) is 13.1. The second-order valence-electron chi connectivity index (χ2n) is 6.09. The van der Waals surface area contributed by atoms with Crippen molar-refractivity contribution >= 4 is 17.5 Å². The summed E-state index contributed by atoms with van der Waals surface area (Å²) in [5.41, 5.74) is 0.456. The summed E-state index contributed by atoms with van der Waals surface area (Å²) in [6, 6.07) is 10.0. The molecular formula is C17H22ClN3O.